The summed E-state index contributed by atoms with van der Waals surface area (Å²) in [6, 6.07) is 4.67. The number of fused-ring (bicyclic) bond motifs is 1. The monoisotopic (exact) mass is 281 g/mol. The lowest BCUT2D eigenvalue weighted by Gasteiger charge is -2.21. The molecule has 2 unspecified atom stereocenters. The van der Waals surface area contributed by atoms with Crippen LogP contribution < -0.4 is 14.8 Å². The van der Waals surface area contributed by atoms with Crippen molar-refractivity contribution in [3.63, 3.8) is 0 Å². The summed E-state index contributed by atoms with van der Waals surface area (Å²) in [6.45, 7) is 5.44. The van der Waals surface area contributed by atoms with E-state index in [9.17, 15) is 0 Å². The standard InChI is InChI=1S/C15H23NO2S/c1-5-16-13-6-10(2)19-9-11-7-14(17-3)15(18-4)8-12(11)13/h7-8,10,13,16H,5-6,9H2,1-4H3. The summed E-state index contributed by atoms with van der Waals surface area (Å²) in [4.78, 5) is 0. The minimum Gasteiger partial charge on any atom is -0.493 e. The first-order valence-electron chi connectivity index (χ1n) is 6.79. The minimum absolute atomic E-state index is 0.407. The number of methoxy groups -OCH3 is 2. The van der Waals surface area contributed by atoms with E-state index in [1.165, 1.54) is 11.1 Å². The molecule has 1 aliphatic rings. The van der Waals surface area contributed by atoms with E-state index in [0.29, 0.717) is 11.3 Å². The topological polar surface area (TPSA) is 30.5 Å². The van der Waals surface area contributed by atoms with E-state index in [-0.39, 0.29) is 0 Å². The maximum Gasteiger partial charge on any atom is 0.161 e. The highest BCUT2D eigenvalue weighted by molar-refractivity contribution is 7.99. The molecule has 0 fully saturated rings. The van der Waals surface area contributed by atoms with Gasteiger partial charge < -0.3 is 14.8 Å². The maximum atomic E-state index is 5.44. The van der Waals surface area contributed by atoms with Crippen molar-refractivity contribution in [3.8, 4) is 11.5 Å². The van der Waals surface area contributed by atoms with Crippen LogP contribution >= 0.6 is 11.8 Å². The predicted molar refractivity (Wildman–Crippen MR) is 81.3 cm³/mol. The molecule has 0 spiro atoms. The van der Waals surface area contributed by atoms with Gasteiger partial charge in [0.05, 0.1) is 14.2 Å². The summed E-state index contributed by atoms with van der Waals surface area (Å²) >= 11 is 2.01. The number of hydrogen-bond donors (Lipinski definition) is 1. The van der Waals surface area contributed by atoms with Crippen molar-refractivity contribution in [1.82, 2.24) is 5.32 Å². The van der Waals surface area contributed by atoms with Gasteiger partial charge in [-0.15, -0.1) is 0 Å². The van der Waals surface area contributed by atoms with Crippen molar-refractivity contribution in [3.05, 3.63) is 23.3 Å². The van der Waals surface area contributed by atoms with E-state index in [0.717, 1.165) is 30.2 Å². The highest BCUT2D eigenvalue weighted by Gasteiger charge is 2.24. The average molecular weight is 281 g/mol. The summed E-state index contributed by atoms with van der Waals surface area (Å²) in [5.74, 6) is 2.69. The molecule has 4 heteroatoms. The van der Waals surface area contributed by atoms with Gasteiger partial charge in [-0.05, 0) is 36.2 Å². The van der Waals surface area contributed by atoms with E-state index in [2.05, 4.69) is 31.3 Å². The molecule has 1 aliphatic heterocycles. The molecule has 1 N–H and O–H groups in total. The van der Waals surface area contributed by atoms with Crippen LogP contribution in [0.4, 0.5) is 0 Å². The number of ether oxygens (including phenoxy) is 2. The molecule has 0 bridgehead atoms. The molecule has 0 saturated heterocycles. The molecular formula is C15H23NO2S. The second kappa shape index (κ2) is 6.53. The summed E-state index contributed by atoms with van der Waals surface area (Å²) in [6.07, 6.45) is 1.15. The Kier molecular flexibility index (Phi) is 4.99. The molecule has 1 heterocycles. The molecule has 106 valence electrons. The average Bonchev–Trinajstić information content (AvgIpc) is 2.57. The van der Waals surface area contributed by atoms with Crippen molar-refractivity contribution in [2.24, 2.45) is 0 Å². The van der Waals surface area contributed by atoms with Gasteiger partial charge in [0.1, 0.15) is 0 Å². The van der Waals surface area contributed by atoms with Crippen LogP contribution in [0.15, 0.2) is 12.1 Å². The van der Waals surface area contributed by atoms with Crippen molar-refractivity contribution in [1.29, 1.82) is 0 Å². The molecule has 3 nitrogen and oxygen atoms in total. The highest BCUT2D eigenvalue weighted by atomic mass is 32.2. The van der Waals surface area contributed by atoms with Crippen molar-refractivity contribution >= 4 is 11.8 Å². The summed E-state index contributed by atoms with van der Waals surface area (Å²) < 4.78 is 10.8. The van der Waals surface area contributed by atoms with Crippen molar-refractivity contribution in [2.75, 3.05) is 20.8 Å². The highest BCUT2D eigenvalue weighted by Crippen LogP contribution is 2.40. The van der Waals surface area contributed by atoms with Crippen LogP contribution in [-0.2, 0) is 5.75 Å². The number of rotatable bonds is 4. The first-order valence-corrected chi connectivity index (χ1v) is 7.84. The fourth-order valence-electron chi connectivity index (χ4n) is 2.58. The zero-order valence-corrected chi connectivity index (χ0v) is 13.0. The third kappa shape index (κ3) is 3.18. The second-order valence-corrected chi connectivity index (χ2v) is 6.30. The molecule has 19 heavy (non-hydrogen) atoms. The number of nitrogens with one attached hydrogen (secondary N) is 1. The van der Waals surface area contributed by atoms with Gasteiger partial charge in [0.2, 0.25) is 0 Å². The third-order valence-corrected chi connectivity index (χ3v) is 4.80. The lowest BCUT2D eigenvalue weighted by Crippen LogP contribution is -2.23. The number of thioether (sulfide) groups is 1. The van der Waals surface area contributed by atoms with Crippen LogP contribution in [0.3, 0.4) is 0 Å². The molecule has 2 rings (SSSR count). The zero-order chi connectivity index (χ0) is 13.8. The van der Waals surface area contributed by atoms with Gasteiger partial charge >= 0.3 is 0 Å². The van der Waals surface area contributed by atoms with Gasteiger partial charge in [-0.25, -0.2) is 0 Å². The van der Waals surface area contributed by atoms with Crippen LogP contribution in [0.2, 0.25) is 0 Å². The van der Waals surface area contributed by atoms with Gasteiger partial charge in [0.25, 0.3) is 0 Å². The lowest BCUT2D eigenvalue weighted by molar-refractivity contribution is 0.353. The Morgan fingerprint density at radius 3 is 2.58 bits per heavy atom. The third-order valence-electron chi connectivity index (χ3n) is 3.56. The smallest absolute Gasteiger partial charge is 0.161 e. The molecule has 2 atom stereocenters. The van der Waals surface area contributed by atoms with Gasteiger partial charge in [-0.3, -0.25) is 0 Å². The van der Waals surface area contributed by atoms with E-state index < -0.39 is 0 Å². The Morgan fingerprint density at radius 1 is 1.26 bits per heavy atom. The van der Waals surface area contributed by atoms with Gasteiger partial charge in [0, 0.05) is 17.0 Å². The minimum atomic E-state index is 0.407. The van der Waals surface area contributed by atoms with Crippen LogP contribution in [0.1, 0.15) is 37.4 Å². The maximum absolute atomic E-state index is 5.44. The zero-order valence-electron chi connectivity index (χ0n) is 12.2. The van der Waals surface area contributed by atoms with E-state index >= 15 is 0 Å². The van der Waals surface area contributed by atoms with Crippen LogP contribution in [0.25, 0.3) is 0 Å². The van der Waals surface area contributed by atoms with Crippen molar-refractivity contribution < 1.29 is 9.47 Å². The van der Waals surface area contributed by atoms with Crippen molar-refractivity contribution in [2.45, 2.75) is 37.3 Å². The Labute approximate surface area is 120 Å². The fourth-order valence-corrected chi connectivity index (χ4v) is 3.63. The first-order chi connectivity index (χ1) is 9.19. The molecule has 1 aromatic carbocycles. The van der Waals surface area contributed by atoms with E-state index in [1.54, 1.807) is 14.2 Å². The van der Waals surface area contributed by atoms with Crippen LogP contribution in [0.5, 0.6) is 11.5 Å². The summed E-state index contributed by atoms with van der Waals surface area (Å²) in [7, 11) is 3.39. The largest absolute Gasteiger partial charge is 0.493 e. The molecule has 0 aromatic heterocycles. The Bertz CT molecular complexity index is 436. The quantitative estimate of drug-likeness (QED) is 0.916. The lowest BCUT2D eigenvalue weighted by atomic mass is 9.97. The number of hydrogen-bond acceptors (Lipinski definition) is 4. The molecule has 1 aromatic rings. The van der Waals surface area contributed by atoms with E-state index in [1.807, 2.05) is 11.8 Å². The Hall–Kier alpha value is -0.870. The SMILES string of the molecule is CCNC1CC(C)SCc2cc(OC)c(OC)cc21. The molecule has 0 aliphatic carbocycles. The molecular weight excluding hydrogens is 258 g/mol. The first kappa shape index (κ1) is 14.5. The predicted octanol–water partition coefficient (Wildman–Crippen LogP) is 3.38. The molecule has 0 amide bonds. The summed E-state index contributed by atoms with van der Waals surface area (Å²) in [5.41, 5.74) is 2.72. The second-order valence-electron chi connectivity index (χ2n) is 4.87. The van der Waals surface area contributed by atoms with Gasteiger partial charge in [0.15, 0.2) is 11.5 Å². The van der Waals surface area contributed by atoms with E-state index in [4.69, 9.17) is 9.47 Å². The Balaban J connectivity index is 2.43. The van der Waals surface area contributed by atoms with Gasteiger partial charge in [-0.2, -0.15) is 11.8 Å². The normalized spacial score (nSPS) is 22.5. The summed E-state index contributed by atoms with van der Waals surface area (Å²) in [5, 5.41) is 4.25. The molecule has 0 saturated carbocycles. The Morgan fingerprint density at radius 2 is 1.95 bits per heavy atom. The molecule has 0 radical (unpaired) electrons. The van der Waals surface area contributed by atoms with Crippen LogP contribution in [-0.4, -0.2) is 26.0 Å². The fraction of sp³-hybridized carbons (Fsp3) is 0.600. The van der Waals surface area contributed by atoms with Gasteiger partial charge in [-0.1, -0.05) is 13.8 Å². The van der Waals surface area contributed by atoms with Crippen LogP contribution in [0, 0.1) is 0 Å². The number of benzene rings is 1.